The van der Waals surface area contributed by atoms with Crippen molar-refractivity contribution in [1.82, 2.24) is 0 Å². The Labute approximate surface area is 82.7 Å². The molecule has 0 amide bonds. The summed E-state index contributed by atoms with van der Waals surface area (Å²) in [5.41, 5.74) is 2.02. The molecule has 1 rings (SSSR count). The lowest BCUT2D eigenvalue weighted by atomic mass is 10.1. The van der Waals surface area contributed by atoms with Crippen LogP contribution in [0.25, 0.3) is 0 Å². The Morgan fingerprint density at radius 2 is 1.93 bits per heavy atom. The molecule has 0 saturated carbocycles. The first kappa shape index (κ1) is 11.1. The summed E-state index contributed by atoms with van der Waals surface area (Å²) in [6.45, 7) is 2.51. The van der Waals surface area contributed by atoms with Gasteiger partial charge in [0.05, 0.1) is 6.61 Å². The van der Waals surface area contributed by atoms with Crippen LogP contribution in [-0.4, -0.2) is 12.5 Å². The van der Waals surface area contributed by atoms with Crippen LogP contribution in [0.15, 0.2) is 24.3 Å². The molecule has 0 unspecified atom stereocenters. The third-order valence-electron chi connectivity index (χ3n) is 1.87. The van der Waals surface area contributed by atoms with E-state index in [-0.39, 0.29) is 6.61 Å². The van der Waals surface area contributed by atoms with E-state index in [1.807, 2.05) is 31.2 Å². The molecule has 0 aliphatic heterocycles. The van der Waals surface area contributed by atoms with E-state index in [4.69, 9.17) is 4.74 Å². The fourth-order valence-corrected chi connectivity index (χ4v) is 1.11. The summed E-state index contributed by atoms with van der Waals surface area (Å²) in [4.78, 5) is 0. The van der Waals surface area contributed by atoms with Gasteiger partial charge < -0.3 is 4.74 Å². The highest BCUT2D eigenvalue weighted by molar-refractivity contribution is 5.24. The number of ether oxygens (including phenoxy) is 1. The maximum Gasteiger partial charge on any atom is 0.268 e. The Bertz CT molecular complexity index is 292. The first-order valence-electron chi connectivity index (χ1n) is 4.49. The van der Waals surface area contributed by atoms with Crippen molar-refractivity contribution in [2.24, 2.45) is 0 Å². The van der Waals surface area contributed by atoms with Gasteiger partial charge in [0.15, 0.2) is 0 Å². The normalized spacial score (nSPS) is 11.7. The number of halogens is 2. The van der Waals surface area contributed by atoms with E-state index in [2.05, 4.69) is 0 Å². The molecule has 0 fully saturated rings. The molecule has 78 valence electrons. The van der Waals surface area contributed by atoms with E-state index in [1.165, 1.54) is 0 Å². The predicted octanol–water partition coefficient (Wildman–Crippen LogP) is 3.17. The third-order valence-corrected chi connectivity index (χ3v) is 1.87. The summed E-state index contributed by atoms with van der Waals surface area (Å²) in [5, 5.41) is 0. The highest BCUT2D eigenvalue weighted by Crippen LogP contribution is 2.14. The number of hydrogen-bond acceptors (Lipinski definition) is 1. The lowest BCUT2D eigenvalue weighted by Crippen LogP contribution is -2.18. The van der Waals surface area contributed by atoms with E-state index in [0.29, 0.717) is 0 Å². The molecule has 1 aromatic carbocycles. The second-order valence-corrected chi connectivity index (χ2v) is 3.49. The van der Waals surface area contributed by atoms with Gasteiger partial charge in [-0.05, 0) is 18.1 Å². The molecule has 1 aromatic rings. The van der Waals surface area contributed by atoms with Gasteiger partial charge in [-0.1, -0.05) is 24.3 Å². The lowest BCUT2D eigenvalue weighted by molar-refractivity contribution is -0.0674. The molecule has 0 bridgehead atoms. The number of rotatable bonds is 4. The van der Waals surface area contributed by atoms with Crippen molar-refractivity contribution in [2.75, 3.05) is 6.61 Å². The van der Waals surface area contributed by atoms with E-state index in [0.717, 1.165) is 18.1 Å². The molecule has 0 N–H and O–H groups in total. The number of alkyl halides is 2. The van der Waals surface area contributed by atoms with Gasteiger partial charge in [0, 0.05) is 6.92 Å². The highest BCUT2D eigenvalue weighted by Gasteiger charge is 2.20. The molecule has 3 heteroatoms. The highest BCUT2D eigenvalue weighted by atomic mass is 19.3. The van der Waals surface area contributed by atoms with Crippen molar-refractivity contribution in [1.29, 1.82) is 0 Å². The standard InChI is InChI=1S/C11H14F2O/c1-9-5-3-4-6-10(9)7-14-8-11(2,12)13/h3-6H,7-8H2,1-2H3. The van der Waals surface area contributed by atoms with E-state index in [9.17, 15) is 8.78 Å². The lowest BCUT2D eigenvalue weighted by Gasteiger charge is -2.11. The maximum absolute atomic E-state index is 12.4. The van der Waals surface area contributed by atoms with Crippen molar-refractivity contribution in [2.45, 2.75) is 26.4 Å². The van der Waals surface area contributed by atoms with Crippen LogP contribution in [0.2, 0.25) is 0 Å². The Balaban J connectivity index is 2.43. The Kier molecular flexibility index (Phi) is 3.58. The van der Waals surface area contributed by atoms with Crippen LogP contribution < -0.4 is 0 Å². The zero-order valence-electron chi connectivity index (χ0n) is 8.39. The molecule has 0 aliphatic carbocycles. The van der Waals surface area contributed by atoms with Crippen LogP contribution in [0.5, 0.6) is 0 Å². The molecular formula is C11H14F2O. The van der Waals surface area contributed by atoms with Crippen molar-refractivity contribution in [3.05, 3.63) is 35.4 Å². The molecule has 0 atom stereocenters. The van der Waals surface area contributed by atoms with E-state index < -0.39 is 12.5 Å². The van der Waals surface area contributed by atoms with Crippen LogP contribution >= 0.6 is 0 Å². The molecule has 0 aliphatic rings. The summed E-state index contributed by atoms with van der Waals surface area (Å²) in [5.74, 6) is -2.75. The Hall–Kier alpha value is -0.960. The largest absolute Gasteiger partial charge is 0.371 e. The van der Waals surface area contributed by atoms with Gasteiger partial charge in [0.25, 0.3) is 5.92 Å². The minimum absolute atomic E-state index is 0.246. The molecule has 14 heavy (non-hydrogen) atoms. The molecule has 1 nitrogen and oxygen atoms in total. The number of hydrogen-bond donors (Lipinski definition) is 0. The fourth-order valence-electron chi connectivity index (χ4n) is 1.11. The van der Waals surface area contributed by atoms with Gasteiger partial charge >= 0.3 is 0 Å². The Morgan fingerprint density at radius 1 is 1.29 bits per heavy atom. The minimum Gasteiger partial charge on any atom is -0.371 e. The van der Waals surface area contributed by atoms with Gasteiger partial charge in [-0.15, -0.1) is 0 Å². The quantitative estimate of drug-likeness (QED) is 0.725. The Morgan fingerprint density at radius 3 is 2.50 bits per heavy atom. The molecule has 0 saturated heterocycles. The maximum atomic E-state index is 12.4. The SMILES string of the molecule is Cc1ccccc1COCC(C)(F)F. The molecular weight excluding hydrogens is 186 g/mol. The first-order valence-corrected chi connectivity index (χ1v) is 4.49. The van der Waals surface area contributed by atoms with Crippen molar-refractivity contribution in [3.8, 4) is 0 Å². The zero-order chi connectivity index (χ0) is 10.6. The van der Waals surface area contributed by atoms with Gasteiger partial charge in [-0.2, -0.15) is 0 Å². The molecule has 0 radical (unpaired) electrons. The summed E-state index contributed by atoms with van der Waals surface area (Å²) in [6, 6.07) is 7.59. The van der Waals surface area contributed by atoms with Gasteiger partial charge in [-0.25, -0.2) is 8.78 Å². The minimum atomic E-state index is -2.75. The summed E-state index contributed by atoms with van der Waals surface area (Å²) in [6.07, 6.45) is 0. The molecule has 0 aromatic heterocycles. The topological polar surface area (TPSA) is 9.23 Å². The van der Waals surface area contributed by atoms with E-state index in [1.54, 1.807) is 0 Å². The van der Waals surface area contributed by atoms with Crippen LogP contribution in [0.3, 0.4) is 0 Å². The van der Waals surface area contributed by atoms with Crippen LogP contribution in [0.1, 0.15) is 18.1 Å². The van der Waals surface area contributed by atoms with Gasteiger partial charge in [0.1, 0.15) is 6.61 Å². The van der Waals surface area contributed by atoms with E-state index >= 15 is 0 Å². The summed E-state index contributed by atoms with van der Waals surface area (Å²) < 4.78 is 29.7. The zero-order valence-corrected chi connectivity index (χ0v) is 8.39. The average Bonchev–Trinajstić information content (AvgIpc) is 2.06. The second kappa shape index (κ2) is 4.51. The van der Waals surface area contributed by atoms with Crippen LogP contribution in [0, 0.1) is 6.92 Å². The van der Waals surface area contributed by atoms with Crippen molar-refractivity contribution >= 4 is 0 Å². The fraction of sp³-hybridized carbons (Fsp3) is 0.455. The summed E-state index contributed by atoms with van der Waals surface area (Å²) >= 11 is 0. The average molecular weight is 200 g/mol. The van der Waals surface area contributed by atoms with Crippen LogP contribution in [-0.2, 0) is 11.3 Å². The molecule has 0 heterocycles. The van der Waals surface area contributed by atoms with Crippen molar-refractivity contribution in [3.63, 3.8) is 0 Å². The monoisotopic (exact) mass is 200 g/mol. The summed E-state index contributed by atoms with van der Waals surface area (Å²) in [7, 11) is 0. The first-order chi connectivity index (χ1) is 6.49. The van der Waals surface area contributed by atoms with Crippen molar-refractivity contribution < 1.29 is 13.5 Å². The number of aryl methyl sites for hydroxylation is 1. The predicted molar refractivity (Wildman–Crippen MR) is 51.5 cm³/mol. The van der Waals surface area contributed by atoms with Gasteiger partial charge in [0.2, 0.25) is 0 Å². The number of benzene rings is 1. The second-order valence-electron chi connectivity index (χ2n) is 3.49. The van der Waals surface area contributed by atoms with Crippen LogP contribution in [0.4, 0.5) is 8.78 Å². The third kappa shape index (κ3) is 3.83. The smallest absolute Gasteiger partial charge is 0.268 e. The molecule has 0 spiro atoms. The van der Waals surface area contributed by atoms with Gasteiger partial charge in [-0.3, -0.25) is 0 Å².